The molecule has 1 heterocycles. The third kappa shape index (κ3) is 6.98. The molecule has 0 N–H and O–H groups in total. The van der Waals surface area contributed by atoms with Gasteiger partial charge in [0.25, 0.3) is 0 Å². The van der Waals surface area contributed by atoms with Gasteiger partial charge in [0.15, 0.2) is 5.78 Å². The molecule has 4 aromatic carbocycles. The number of hydrogen-bond acceptors (Lipinski definition) is 3. The molecule has 5 heteroatoms. The van der Waals surface area contributed by atoms with Crippen molar-refractivity contribution >= 4 is 27.3 Å². The van der Waals surface area contributed by atoms with E-state index in [-0.39, 0.29) is 31.3 Å². The van der Waals surface area contributed by atoms with Crippen LogP contribution in [0.2, 0.25) is 0 Å². The molecule has 47 heavy (non-hydrogen) atoms. The van der Waals surface area contributed by atoms with Gasteiger partial charge in [0.1, 0.15) is 5.82 Å². The van der Waals surface area contributed by atoms with E-state index in [0.29, 0.717) is 12.0 Å². The van der Waals surface area contributed by atoms with Crippen molar-refractivity contribution in [3.05, 3.63) is 112 Å². The number of carbonyl (C=O) groups excluding carboxylic acids is 1. The Kier molecular flexibility index (Phi) is 10.5. The van der Waals surface area contributed by atoms with E-state index in [9.17, 15) is 4.79 Å². The van der Waals surface area contributed by atoms with Gasteiger partial charge in [-0.2, -0.15) is 5.70 Å². The molecule has 1 saturated carbocycles. The van der Waals surface area contributed by atoms with Gasteiger partial charge in [-0.15, -0.1) is 35.2 Å². The second-order valence-corrected chi connectivity index (χ2v) is 13.8. The SMILES string of the molecule is CC(=O)/C=C(/C)[N-]C1CCCCC1.Cc1nc(-c2[c-]c3ccccc3c(C(C)C)c2)c2c(n1)-c1ccc3ccccc3c1C2(C)C.[Ir]. The first-order chi connectivity index (χ1) is 22.0. The topological polar surface area (TPSA) is 57.0 Å². The fourth-order valence-electron chi connectivity index (χ4n) is 7.51. The minimum atomic E-state index is -0.216. The molecule has 0 amide bonds. The molecule has 245 valence electrons. The van der Waals surface area contributed by atoms with Gasteiger partial charge in [0, 0.05) is 36.8 Å². The van der Waals surface area contributed by atoms with E-state index in [0.717, 1.165) is 33.9 Å². The molecule has 0 spiro atoms. The molecule has 0 aliphatic heterocycles. The van der Waals surface area contributed by atoms with E-state index in [1.54, 1.807) is 13.0 Å². The standard InChI is InChI=1S/C31H27N2.C11H19NO.Ir/c1-18(2)26-17-22(16-21-11-7-8-12-23(21)26)29-28-30(33-19(3)32-29)25-15-14-20-10-6-9-13-24(20)27(25)31(28,4)5;1-9(8-10(2)13)12-11-6-4-3-5-7-11;/h6-15,17-18H,1-5H3;8,11H,3-7H2,1-2H3,(H,12,13);/q-1;;/p-1. The Hall–Kier alpha value is -3.66. The summed E-state index contributed by atoms with van der Waals surface area (Å²) in [5, 5.41) is 9.49. The van der Waals surface area contributed by atoms with Crippen molar-refractivity contribution in [3.8, 4) is 22.5 Å². The van der Waals surface area contributed by atoms with Gasteiger partial charge in [-0.1, -0.05) is 132 Å². The number of carbonyl (C=O) groups is 1. The largest absolute Gasteiger partial charge is 0.685 e. The maximum Gasteiger partial charge on any atom is 0.151 e. The van der Waals surface area contributed by atoms with Gasteiger partial charge in [-0.25, -0.2) is 4.98 Å². The van der Waals surface area contributed by atoms with Gasteiger partial charge in [-0.05, 0) is 47.7 Å². The van der Waals surface area contributed by atoms with Crippen molar-refractivity contribution in [2.24, 2.45) is 0 Å². The molecule has 0 saturated heterocycles. The van der Waals surface area contributed by atoms with Crippen LogP contribution in [0.1, 0.15) is 102 Å². The second kappa shape index (κ2) is 14.2. The summed E-state index contributed by atoms with van der Waals surface area (Å²) in [7, 11) is 0. The van der Waals surface area contributed by atoms with Crippen molar-refractivity contribution in [1.82, 2.24) is 9.97 Å². The van der Waals surface area contributed by atoms with Crippen LogP contribution < -0.4 is 0 Å². The fourth-order valence-corrected chi connectivity index (χ4v) is 7.51. The molecule has 5 aromatic rings. The summed E-state index contributed by atoms with van der Waals surface area (Å²) in [6, 6.07) is 28.2. The number of nitrogens with zero attached hydrogens (tertiary/aromatic N) is 3. The fraction of sp³-hybridized carbons (Fsp3) is 0.357. The Morgan fingerprint density at radius 1 is 0.894 bits per heavy atom. The van der Waals surface area contributed by atoms with Crippen LogP contribution in [-0.4, -0.2) is 21.8 Å². The van der Waals surface area contributed by atoms with Crippen LogP contribution in [0.15, 0.2) is 78.5 Å². The summed E-state index contributed by atoms with van der Waals surface area (Å²) in [5.41, 5.74) is 8.93. The summed E-state index contributed by atoms with van der Waals surface area (Å²) in [5.74, 6) is 1.30. The summed E-state index contributed by atoms with van der Waals surface area (Å²) in [6.07, 6.45) is 7.95. The third-order valence-corrected chi connectivity index (χ3v) is 9.51. The zero-order valence-corrected chi connectivity index (χ0v) is 31.1. The Morgan fingerprint density at radius 2 is 1.55 bits per heavy atom. The van der Waals surface area contributed by atoms with E-state index in [2.05, 4.69) is 106 Å². The predicted octanol–water partition coefficient (Wildman–Crippen LogP) is 11.2. The normalized spacial score (nSPS) is 15.4. The number of aryl methyl sites for hydroxylation is 1. The Balaban J connectivity index is 0.000000263. The van der Waals surface area contributed by atoms with Crippen molar-refractivity contribution in [2.75, 3.05) is 0 Å². The Morgan fingerprint density at radius 3 is 2.26 bits per heavy atom. The molecule has 0 bridgehead atoms. The number of hydrogen-bond donors (Lipinski definition) is 0. The predicted molar refractivity (Wildman–Crippen MR) is 192 cm³/mol. The maximum absolute atomic E-state index is 10.8. The van der Waals surface area contributed by atoms with E-state index < -0.39 is 0 Å². The van der Waals surface area contributed by atoms with Gasteiger partial charge in [-0.3, -0.25) is 9.78 Å². The molecule has 2 aliphatic carbocycles. The van der Waals surface area contributed by atoms with Crippen LogP contribution >= 0.6 is 0 Å². The van der Waals surface area contributed by atoms with Crippen LogP contribution in [0, 0.1) is 13.0 Å². The number of ketones is 1. The monoisotopic (exact) mass is 800 g/mol. The zero-order valence-electron chi connectivity index (χ0n) is 28.7. The first-order valence-corrected chi connectivity index (χ1v) is 16.8. The maximum atomic E-state index is 10.8. The van der Waals surface area contributed by atoms with Gasteiger partial charge in [0.05, 0.1) is 5.69 Å². The van der Waals surface area contributed by atoms with Crippen molar-refractivity contribution in [2.45, 2.75) is 97.9 Å². The van der Waals surface area contributed by atoms with Crippen molar-refractivity contribution in [3.63, 3.8) is 0 Å². The van der Waals surface area contributed by atoms with E-state index >= 15 is 0 Å². The number of fused-ring (bicyclic) bond motifs is 6. The van der Waals surface area contributed by atoms with E-state index in [1.165, 1.54) is 70.5 Å². The number of benzene rings is 4. The van der Waals surface area contributed by atoms with Crippen LogP contribution in [0.4, 0.5) is 0 Å². The zero-order chi connectivity index (χ0) is 32.6. The third-order valence-electron chi connectivity index (χ3n) is 9.51. The number of allylic oxidation sites excluding steroid dienone is 2. The summed E-state index contributed by atoms with van der Waals surface area (Å²) in [4.78, 5) is 20.8. The molecule has 4 nitrogen and oxygen atoms in total. The molecule has 2 aliphatic rings. The second-order valence-electron chi connectivity index (χ2n) is 13.8. The van der Waals surface area contributed by atoms with Crippen molar-refractivity contribution in [1.29, 1.82) is 0 Å². The van der Waals surface area contributed by atoms with Crippen molar-refractivity contribution < 1.29 is 24.9 Å². The molecular weight excluding hydrogens is 755 g/mol. The van der Waals surface area contributed by atoms with Crippen LogP contribution in [0.5, 0.6) is 0 Å². The number of rotatable bonds is 5. The molecule has 0 atom stereocenters. The molecule has 1 aromatic heterocycles. The smallest absolute Gasteiger partial charge is 0.151 e. The summed E-state index contributed by atoms with van der Waals surface area (Å²) in [6.45, 7) is 14.6. The summed E-state index contributed by atoms with van der Waals surface area (Å²) < 4.78 is 0. The molecule has 0 unspecified atom stereocenters. The first-order valence-electron chi connectivity index (χ1n) is 16.8. The first kappa shape index (κ1) is 34.7. The van der Waals surface area contributed by atoms with Gasteiger partial charge < -0.3 is 5.32 Å². The Labute approximate surface area is 293 Å². The molecule has 7 rings (SSSR count). The molecular formula is C42H45IrN3O-2. The minimum Gasteiger partial charge on any atom is -0.685 e. The Bertz CT molecular complexity index is 1970. The average Bonchev–Trinajstić information content (AvgIpc) is 3.26. The molecule has 1 fully saturated rings. The van der Waals surface area contributed by atoms with Crippen LogP contribution in [0.25, 0.3) is 49.4 Å². The van der Waals surface area contributed by atoms with Gasteiger partial charge >= 0.3 is 0 Å². The van der Waals surface area contributed by atoms with E-state index in [1.807, 2.05) is 13.8 Å². The molecule has 1 radical (unpaired) electrons. The van der Waals surface area contributed by atoms with Crippen LogP contribution in [-0.2, 0) is 30.3 Å². The summed E-state index contributed by atoms with van der Waals surface area (Å²) >= 11 is 0. The minimum absolute atomic E-state index is 0. The quantitative estimate of drug-likeness (QED) is 0.131. The number of aromatic nitrogens is 2. The average molecular weight is 800 g/mol. The van der Waals surface area contributed by atoms with Crippen LogP contribution in [0.3, 0.4) is 0 Å². The van der Waals surface area contributed by atoms with Gasteiger partial charge in [0.2, 0.25) is 0 Å². The van der Waals surface area contributed by atoms with E-state index in [4.69, 9.17) is 9.97 Å².